The van der Waals surface area contributed by atoms with Crippen LogP contribution < -0.4 is 4.74 Å². The zero-order chi connectivity index (χ0) is 7.52. The second kappa shape index (κ2) is 2.91. The molecule has 0 bridgehead atoms. The van der Waals surface area contributed by atoms with Gasteiger partial charge in [-0.2, -0.15) is 0 Å². The Balaban J connectivity index is 1.85. The molecule has 0 amide bonds. The second-order valence-corrected chi connectivity index (χ2v) is 2.88. The van der Waals surface area contributed by atoms with Gasteiger partial charge in [0, 0.05) is 12.3 Å². The lowest BCUT2D eigenvalue weighted by molar-refractivity contribution is 0.298. The van der Waals surface area contributed by atoms with Crippen molar-refractivity contribution in [3.8, 4) is 5.75 Å². The molecule has 0 aromatic carbocycles. The van der Waals surface area contributed by atoms with E-state index in [9.17, 15) is 0 Å². The maximum Gasteiger partial charge on any atom is 0.138 e. The van der Waals surface area contributed by atoms with E-state index in [1.54, 1.807) is 12.4 Å². The van der Waals surface area contributed by atoms with Crippen molar-refractivity contribution >= 4 is 0 Å². The van der Waals surface area contributed by atoms with Crippen LogP contribution in [0.4, 0.5) is 0 Å². The third-order valence-electron chi connectivity index (χ3n) is 1.76. The highest BCUT2D eigenvalue weighted by atomic mass is 16.5. The zero-order valence-electron chi connectivity index (χ0n) is 6.29. The number of hydrogen-bond donors (Lipinski definition) is 0. The normalized spacial score (nSPS) is 16.4. The van der Waals surface area contributed by atoms with E-state index < -0.39 is 0 Å². The molecule has 57 valence electrons. The van der Waals surface area contributed by atoms with E-state index >= 15 is 0 Å². The maximum absolute atomic E-state index is 5.44. The molecule has 2 nitrogen and oxygen atoms in total. The van der Waals surface area contributed by atoms with Gasteiger partial charge in [0.2, 0.25) is 0 Å². The molecule has 1 aromatic heterocycles. The first-order valence-corrected chi connectivity index (χ1v) is 3.89. The summed E-state index contributed by atoms with van der Waals surface area (Å²) in [6.07, 6.45) is 6.00. The number of rotatable bonds is 3. The lowest BCUT2D eigenvalue weighted by Gasteiger charge is -2.02. The molecule has 1 radical (unpaired) electrons. The maximum atomic E-state index is 5.44. The van der Waals surface area contributed by atoms with Gasteiger partial charge in [0.05, 0.1) is 12.8 Å². The van der Waals surface area contributed by atoms with Crippen molar-refractivity contribution in [2.45, 2.75) is 12.8 Å². The summed E-state index contributed by atoms with van der Waals surface area (Å²) in [7, 11) is 0. The van der Waals surface area contributed by atoms with Crippen LogP contribution in [-0.2, 0) is 0 Å². The average Bonchev–Trinajstić information content (AvgIpc) is 2.86. The molecule has 1 fully saturated rings. The summed E-state index contributed by atoms with van der Waals surface area (Å²) in [5, 5.41) is 0. The summed E-state index contributed by atoms with van der Waals surface area (Å²) < 4.78 is 5.44. The van der Waals surface area contributed by atoms with E-state index in [0.717, 1.165) is 18.3 Å². The van der Waals surface area contributed by atoms with E-state index in [4.69, 9.17) is 4.74 Å². The zero-order valence-corrected chi connectivity index (χ0v) is 6.29. The molecule has 0 N–H and O–H groups in total. The quantitative estimate of drug-likeness (QED) is 0.650. The second-order valence-electron chi connectivity index (χ2n) is 2.88. The molecular formula is C9H10NO. The molecule has 0 atom stereocenters. The molecular weight excluding hydrogens is 138 g/mol. The largest absolute Gasteiger partial charge is 0.492 e. The van der Waals surface area contributed by atoms with Gasteiger partial charge in [0.25, 0.3) is 0 Å². The molecule has 0 unspecified atom stereocenters. The van der Waals surface area contributed by atoms with Crippen LogP contribution in [0.25, 0.3) is 0 Å². The monoisotopic (exact) mass is 148 g/mol. The summed E-state index contributed by atoms with van der Waals surface area (Å²) in [5.74, 6) is 1.63. The number of ether oxygens (including phenoxy) is 1. The van der Waals surface area contributed by atoms with E-state index in [1.165, 1.54) is 12.8 Å². The summed E-state index contributed by atoms with van der Waals surface area (Å²) in [6, 6.07) is 4.68. The standard InChI is InChI=1S/C9H10NO/c1-2-9(6-10-5-1)11-7-8-3-4-8/h2,5-6,8H,3-4,7H2. The van der Waals surface area contributed by atoms with Crippen molar-refractivity contribution in [2.75, 3.05) is 6.61 Å². The first kappa shape index (κ1) is 6.65. The SMILES string of the molecule is [c]1cncc(OCC2CC2)c1. The number of pyridine rings is 1. The van der Waals surface area contributed by atoms with E-state index in [1.807, 2.05) is 6.07 Å². The Hall–Kier alpha value is -1.05. The third-order valence-corrected chi connectivity index (χ3v) is 1.76. The molecule has 1 saturated carbocycles. The Morgan fingerprint density at radius 1 is 1.64 bits per heavy atom. The van der Waals surface area contributed by atoms with Crippen LogP contribution in [0, 0.1) is 12.0 Å². The summed E-state index contributed by atoms with van der Waals surface area (Å²) in [5.41, 5.74) is 0. The number of aromatic nitrogens is 1. The van der Waals surface area contributed by atoms with Crippen molar-refractivity contribution < 1.29 is 4.74 Å². The molecule has 0 saturated heterocycles. The van der Waals surface area contributed by atoms with Crippen molar-refractivity contribution in [1.29, 1.82) is 0 Å². The number of hydrogen-bond acceptors (Lipinski definition) is 2. The minimum absolute atomic E-state index is 0.801. The van der Waals surface area contributed by atoms with Crippen LogP contribution in [0.1, 0.15) is 12.8 Å². The molecule has 11 heavy (non-hydrogen) atoms. The van der Waals surface area contributed by atoms with Crippen LogP contribution in [0.15, 0.2) is 18.5 Å². The topological polar surface area (TPSA) is 22.1 Å². The Morgan fingerprint density at radius 2 is 2.55 bits per heavy atom. The van der Waals surface area contributed by atoms with Crippen molar-refractivity contribution in [2.24, 2.45) is 5.92 Å². The first-order chi connectivity index (χ1) is 5.45. The fourth-order valence-corrected chi connectivity index (χ4v) is 0.888. The average molecular weight is 148 g/mol. The number of nitrogens with zero attached hydrogens (tertiary/aromatic N) is 1. The van der Waals surface area contributed by atoms with E-state index in [-0.39, 0.29) is 0 Å². The molecule has 2 rings (SSSR count). The lowest BCUT2D eigenvalue weighted by Crippen LogP contribution is -1.98. The minimum Gasteiger partial charge on any atom is -0.492 e. The Morgan fingerprint density at radius 3 is 3.18 bits per heavy atom. The smallest absolute Gasteiger partial charge is 0.138 e. The van der Waals surface area contributed by atoms with Crippen LogP contribution >= 0.6 is 0 Å². The van der Waals surface area contributed by atoms with Gasteiger partial charge in [-0.15, -0.1) is 0 Å². The molecule has 1 aromatic rings. The van der Waals surface area contributed by atoms with Gasteiger partial charge in [-0.05, 0) is 24.8 Å². The van der Waals surface area contributed by atoms with Crippen molar-refractivity contribution in [3.05, 3.63) is 24.5 Å². The van der Waals surface area contributed by atoms with Crippen molar-refractivity contribution in [1.82, 2.24) is 4.98 Å². The lowest BCUT2D eigenvalue weighted by atomic mass is 10.4. The highest BCUT2D eigenvalue weighted by Gasteiger charge is 2.21. The van der Waals surface area contributed by atoms with E-state index in [2.05, 4.69) is 11.1 Å². The van der Waals surface area contributed by atoms with Gasteiger partial charge in [-0.25, -0.2) is 0 Å². The van der Waals surface area contributed by atoms with Gasteiger partial charge in [0.15, 0.2) is 0 Å². The van der Waals surface area contributed by atoms with Gasteiger partial charge in [0.1, 0.15) is 5.75 Å². The predicted molar refractivity (Wildman–Crippen MR) is 41.3 cm³/mol. The minimum atomic E-state index is 0.801. The predicted octanol–water partition coefficient (Wildman–Crippen LogP) is 1.67. The molecule has 1 heterocycles. The van der Waals surface area contributed by atoms with Gasteiger partial charge >= 0.3 is 0 Å². The first-order valence-electron chi connectivity index (χ1n) is 3.89. The van der Waals surface area contributed by atoms with Gasteiger partial charge < -0.3 is 4.74 Å². The van der Waals surface area contributed by atoms with Crippen LogP contribution in [0.2, 0.25) is 0 Å². The van der Waals surface area contributed by atoms with Crippen LogP contribution in [0.5, 0.6) is 5.75 Å². The fourth-order valence-electron chi connectivity index (χ4n) is 0.888. The van der Waals surface area contributed by atoms with E-state index in [0.29, 0.717) is 0 Å². The fraction of sp³-hybridized carbons (Fsp3) is 0.444. The molecule has 0 spiro atoms. The summed E-state index contributed by atoms with van der Waals surface area (Å²) in [4.78, 5) is 3.90. The third kappa shape index (κ3) is 1.93. The molecule has 2 heteroatoms. The van der Waals surface area contributed by atoms with Crippen molar-refractivity contribution in [3.63, 3.8) is 0 Å². The van der Waals surface area contributed by atoms with Crippen LogP contribution in [0.3, 0.4) is 0 Å². The highest BCUT2D eigenvalue weighted by Crippen LogP contribution is 2.29. The van der Waals surface area contributed by atoms with Crippen LogP contribution in [-0.4, -0.2) is 11.6 Å². The Bertz CT molecular complexity index is 218. The Labute approximate surface area is 66.2 Å². The summed E-state index contributed by atoms with van der Waals surface area (Å²) >= 11 is 0. The summed E-state index contributed by atoms with van der Waals surface area (Å²) in [6.45, 7) is 0.847. The molecule has 1 aliphatic rings. The Kier molecular flexibility index (Phi) is 1.76. The van der Waals surface area contributed by atoms with Gasteiger partial charge in [-0.1, -0.05) is 0 Å². The molecule has 1 aliphatic carbocycles. The highest BCUT2D eigenvalue weighted by molar-refractivity contribution is 5.14. The molecule has 0 aliphatic heterocycles. The van der Waals surface area contributed by atoms with Gasteiger partial charge in [-0.3, -0.25) is 4.98 Å².